The van der Waals surface area contributed by atoms with E-state index in [0.717, 1.165) is 0 Å². The van der Waals surface area contributed by atoms with Gasteiger partial charge in [-0.3, -0.25) is 15.2 Å². The molecule has 33 heavy (non-hydrogen) atoms. The summed E-state index contributed by atoms with van der Waals surface area (Å²) in [7, 11) is -0.121. The third kappa shape index (κ3) is 6.28. The van der Waals surface area contributed by atoms with Crippen LogP contribution in [0.5, 0.6) is 5.75 Å². The maximum Gasteiger partial charge on any atom is 0.275 e. The molecule has 1 aromatic carbocycles. The SMILES string of the molecule is CC(Oc1ccc(N)c(C(=N)C(=O)Nc2ccc(N=S(C)C)cn2)c1)c1c(Cl)cncc1Cl. The van der Waals surface area contributed by atoms with Crippen molar-refractivity contribution in [2.24, 2.45) is 4.36 Å². The molecule has 0 aliphatic heterocycles. The van der Waals surface area contributed by atoms with Crippen molar-refractivity contribution in [3.05, 3.63) is 70.1 Å². The van der Waals surface area contributed by atoms with Crippen LogP contribution in [0.15, 0.2) is 53.3 Å². The van der Waals surface area contributed by atoms with Gasteiger partial charge in [0.05, 0.1) is 21.9 Å². The number of nitrogen functional groups attached to an aromatic ring is 1. The summed E-state index contributed by atoms with van der Waals surface area (Å²) in [6.07, 6.45) is 7.99. The van der Waals surface area contributed by atoms with Gasteiger partial charge < -0.3 is 15.8 Å². The Labute approximate surface area is 204 Å². The highest BCUT2D eigenvalue weighted by molar-refractivity contribution is 7.85. The summed E-state index contributed by atoms with van der Waals surface area (Å²) in [6, 6.07) is 8.11. The zero-order valence-corrected chi connectivity index (χ0v) is 20.4. The molecule has 1 unspecified atom stereocenters. The summed E-state index contributed by atoms with van der Waals surface area (Å²) >= 11 is 12.4. The number of nitrogens with two attached hydrogens (primary N) is 1. The molecule has 0 fully saturated rings. The van der Waals surface area contributed by atoms with E-state index in [9.17, 15) is 4.79 Å². The molecule has 0 radical (unpaired) electrons. The van der Waals surface area contributed by atoms with Crippen molar-refractivity contribution in [3.63, 3.8) is 0 Å². The molecule has 172 valence electrons. The van der Waals surface area contributed by atoms with Crippen LogP contribution in [0, 0.1) is 5.41 Å². The number of ether oxygens (including phenoxy) is 1. The molecular weight excluding hydrogens is 483 g/mol. The second kappa shape index (κ2) is 10.7. The molecule has 8 nitrogen and oxygen atoms in total. The molecule has 0 spiro atoms. The number of hydrogen-bond donors (Lipinski definition) is 3. The van der Waals surface area contributed by atoms with E-state index in [2.05, 4.69) is 19.6 Å². The molecule has 1 atom stereocenters. The van der Waals surface area contributed by atoms with E-state index in [0.29, 0.717) is 32.9 Å². The standard InChI is InChI=1S/C22H22Cl2N6O2S/c1-12(20-16(23)10-27-11-17(20)24)32-14-5-6-18(25)15(8-14)21(26)22(31)29-19-7-4-13(9-28-19)30-33(2)3/h4-12,26H,25H2,1-3H3,(H,28,29,31). The predicted molar refractivity (Wildman–Crippen MR) is 135 cm³/mol. The third-order valence-corrected chi connectivity index (χ3v) is 5.59. The number of benzene rings is 1. The Morgan fingerprint density at radius 3 is 2.48 bits per heavy atom. The number of halogens is 2. The van der Waals surface area contributed by atoms with E-state index in [1.165, 1.54) is 18.5 Å². The van der Waals surface area contributed by atoms with E-state index >= 15 is 0 Å². The fraction of sp³-hybridized carbons (Fsp3) is 0.182. The molecule has 0 saturated heterocycles. The lowest BCUT2D eigenvalue weighted by Gasteiger charge is -2.18. The van der Waals surface area contributed by atoms with Crippen LogP contribution in [-0.4, -0.2) is 34.1 Å². The lowest BCUT2D eigenvalue weighted by molar-refractivity contribution is -0.110. The maximum atomic E-state index is 12.6. The monoisotopic (exact) mass is 504 g/mol. The molecule has 1 amide bonds. The van der Waals surface area contributed by atoms with Crippen molar-refractivity contribution in [1.29, 1.82) is 5.41 Å². The Morgan fingerprint density at radius 2 is 1.88 bits per heavy atom. The number of nitrogens with one attached hydrogen (secondary N) is 2. The Balaban J connectivity index is 1.76. The van der Waals surface area contributed by atoms with Gasteiger partial charge in [0.2, 0.25) is 0 Å². The largest absolute Gasteiger partial charge is 0.486 e. The number of rotatable bonds is 7. The number of anilines is 2. The summed E-state index contributed by atoms with van der Waals surface area (Å²) in [4.78, 5) is 20.7. The van der Waals surface area contributed by atoms with Crippen molar-refractivity contribution in [1.82, 2.24) is 9.97 Å². The molecule has 11 heteroatoms. The Morgan fingerprint density at radius 1 is 1.18 bits per heavy atom. The minimum absolute atomic E-state index is 0.121. The summed E-state index contributed by atoms with van der Waals surface area (Å²) in [5, 5.41) is 11.7. The van der Waals surface area contributed by atoms with Crippen LogP contribution in [-0.2, 0) is 15.5 Å². The van der Waals surface area contributed by atoms with Crippen molar-refractivity contribution in [3.8, 4) is 5.75 Å². The van der Waals surface area contributed by atoms with E-state index in [1.807, 2.05) is 12.5 Å². The van der Waals surface area contributed by atoms with Gasteiger partial charge in [0.1, 0.15) is 23.4 Å². The normalized spacial score (nSPS) is 11.7. The second-order valence-electron chi connectivity index (χ2n) is 7.12. The zero-order valence-electron chi connectivity index (χ0n) is 18.1. The van der Waals surface area contributed by atoms with Gasteiger partial charge in [-0.25, -0.2) is 9.35 Å². The number of carbonyl (C=O) groups is 1. The first-order valence-corrected chi connectivity index (χ1v) is 12.4. The van der Waals surface area contributed by atoms with Crippen molar-refractivity contribution in [2.75, 3.05) is 23.6 Å². The Bertz CT molecular complexity index is 1210. The first-order chi connectivity index (χ1) is 15.7. The molecule has 0 saturated carbocycles. The van der Waals surface area contributed by atoms with Crippen LogP contribution in [0.2, 0.25) is 10.0 Å². The molecular formula is C22H22Cl2N6O2S. The van der Waals surface area contributed by atoms with Crippen LogP contribution in [0.1, 0.15) is 24.2 Å². The van der Waals surface area contributed by atoms with Crippen molar-refractivity contribution >= 4 is 62.7 Å². The van der Waals surface area contributed by atoms with Gasteiger partial charge in [-0.15, -0.1) is 10.7 Å². The fourth-order valence-corrected chi connectivity index (χ4v) is 4.13. The lowest BCUT2D eigenvalue weighted by Crippen LogP contribution is -2.24. The number of nitrogens with zero attached hydrogens (tertiary/aromatic N) is 3. The third-order valence-electron chi connectivity index (χ3n) is 4.41. The molecule has 2 aromatic heterocycles. The number of aromatic nitrogens is 2. The van der Waals surface area contributed by atoms with Gasteiger partial charge in [0, 0.05) is 29.2 Å². The summed E-state index contributed by atoms with van der Waals surface area (Å²) in [5.41, 5.74) is 7.47. The van der Waals surface area contributed by atoms with Crippen LogP contribution in [0.3, 0.4) is 0 Å². The number of carbonyl (C=O) groups excluding carboxylic acids is 1. The zero-order chi connectivity index (χ0) is 24.1. The van der Waals surface area contributed by atoms with Gasteiger partial charge in [0.15, 0.2) is 0 Å². The molecule has 4 N–H and O–H groups in total. The van der Waals surface area contributed by atoms with Crippen LogP contribution in [0.25, 0.3) is 0 Å². The Kier molecular flexibility index (Phi) is 8.01. The summed E-state index contributed by atoms with van der Waals surface area (Å²) in [6.45, 7) is 1.78. The molecule has 0 bridgehead atoms. The van der Waals surface area contributed by atoms with Gasteiger partial charge in [-0.1, -0.05) is 23.2 Å². The summed E-state index contributed by atoms with van der Waals surface area (Å²) in [5.74, 6) is 0.0409. The molecule has 2 heterocycles. The number of amides is 1. The highest BCUT2D eigenvalue weighted by Gasteiger charge is 2.19. The van der Waals surface area contributed by atoms with Crippen LogP contribution in [0.4, 0.5) is 17.2 Å². The fourth-order valence-electron chi connectivity index (χ4n) is 2.92. The number of pyridine rings is 2. The smallest absolute Gasteiger partial charge is 0.275 e. The second-order valence-corrected chi connectivity index (χ2v) is 9.67. The maximum absolute atomic E-state index is 12.6. The van der Waals surface area contributed by atoms with E-state index in [-0.39, 0.29) is 27.7 Å². The van der Waals surface area contributed by atoms with E-state index < -0.39 is 12.0 Å². The first-order valence-electron chi connectivity index (χ1n) is 9.66. The van der Waals surface area contributed by atoms with Crippen molar-refractivity contribution in [2.45, 2.75) is 13.0 Å². The van der Waals surface area contributed by atoms with E-state index in [4.69, 9.17) is 39.1 Å². The highest BCUT2D eigenvalue weighted by atomic mass is 35.5. The molecule has 0 aliphatic rings. The predicted octanol–water partition coefficient (Wildman–Crippen LogP) is 5.21. The topological polar surface area (TPSA) is 126 Å². The van der Waals surface area contributed by atoms with Crippen LogP contribution >= 0.6 is 23.2 Å². The lowest BCUT2D eigenvalue weighted by atomic mass is 10.1. The minimum Gasteiger partial charge on any atom is -0.486 e. The number of hydrogen-bond acceptors (Lipinski definition) is 7. The molecule has 3 aromatic rings. The van der Waals surface area contributed by atoms with Gasteiger partial charge in [0.25, 0.3) is 5.91 Å². The average Bonchev–Trinajstić information content (AvgIpc) is 2.75. The van der Waals surface area contributed by atoms with Crippen LogP contribution < -0.4 is 15.8 Å². The van der Waals surface area contributed by atoms with Gasteiger partial charge in [-0.05, 0) is 49.8 Å². The van der Waals surface area contributed by atoms with Gasteiger partial charge in [-0.2, -0.15) is 0 Å². The van der Waals surface area contributed by atoms with Crippen molar-refractivity contribution < 1.29 is 9.53 Å². The quantitative estimate of drug-likeness (QED) is 0.300. The summed E-state index contributed by atoms with van der Waals surface area (Å²) < 4.78 is 10.3. The van der Waals surface area contributed by atoms with E-state index in [1.54, 1.807) is 37.4 Å². The van der Waals surface area contributed by atoms with Gasteiger partial charge >= 0.3 is 0 Å². The average molecular weight is 505 g/mol. The first kappa shape index (κ1) is 24.6. The molecule has 0 aliphatic carbocycles. The highest BCUT2D eigenvalue weighted by Crippen LogP contribution is 2.33. The Hall–Kier alpha value is -3.01. The molecule has 3 rings (SSSR count). The minimum atomic E-state index is -0.657.